The SMILES string of the molecule is Cn1nc(C(=O)NCCc2ccccc2Br)ccc1=O. The van der Waals surface area contributed by atoms with Crippen LogP contribution in [0.3, 0.4) is 0 Å². The van der Waals surface area contributed by atoms with Crippen molar-refractivity contribution in [3.8, 4) is 0 Å². The fraction of sp³-hybridized carbons (Fsp3) is 0.214. The quantitative estimate of drug-likeness (QED) is 0.921. The van der Waals surface area contributed by atoms with Gasteiger partial charge in [-0.1, -0.05) is 34.1 Å². The van der Waals surface area contributed by atoms with Gasteiger partial charge in [0.05, 0.1) is 0 Å². The Morgan fingerprint density at radius 3 is 2.75 bits per heavy atom. The summed E-state index contributed by atoms with van der Waals surface area (Å²) in [7, 11) is 1.51. The monoisotopic (exact) mass is 335 g/mol. The summed E-state index contributed by atoms with van der Waals surface area (Å²) < 4.78 is 2.16. The Labute approximate surface area is 124 Å². The molecule has 0 unspecified atom stereocenters. The van der Waals surface area contributed by atoms with Crippen molar-refractivity contribution in [1.29, 1.82) is 0 Å². The van der Waals surface area contributed by atoms with E-state index in [4.69, 9.17) is 0 Å². The number of aromatic nitrogens is 2. The van der Waals surface area contributed by atoms with Crippen LogP contribution in [-0.2, 0) is 13.5 Å². The van der Waals surface area contributed by atoms with Crippen LogP contribution >= 0.6 is 15.9 Å². The number of hydrogen-bond donors (Lipinski definition) is 1. The summed E-state index contributed by atoms with van der Waals surface area (Å²) in [6, 6.07) is 10.6. The molecule has 1 aromatic heterocycles. The molecule has 104 valence electrons. The third-order valence-corrected chi connectivity index (χ3v) is 3.60. The predicted molar refractivity (Wildman–Crippen MR) is 79.7 cm³/mol. The number of amides is 1. The number of nitrogens with one attached hydrogen (secondary N) is 1. The van der Waals surface area contributed by atoms with Crippen molar-refractivity contribution in [2.24, 2.45) is 7.05 Å². The van der Waals surface area contributed by atoms with Gasteiger partial charge in [-0.25, -0.2) is 4.68 Å². The van der Waals surface area contributed by atoms with Gasteiger partial charge >= 0.3 is 0 Å². The second-order valence-electron chi connectivity index (χ2n) is 4.28. The zero-order valence-electron chi connectivity index (χ0n) is 11.0. The molecule has 0 saturated carbocycles. The van der Waals surface area contributed by atoms with Crippen LogP contribution in [0, 0.1) is 0 Å². The van der Waals surface area contributed by atoms with Gasteiger partial charge in [0.1, 0.15) is 5.69 Å². The predicted octanol–water partition coefficient (Wildman–Crippen LogP) is 1.52. The highest BCUT2D eigenvalue weighted by Crippen LogP contribution is 2.15. The Bertz CT molecular complexity index is 682. The molecule has 1 aromatic carbocycles. The molecule has 0 saturated heterocycles. The number of aryl methyl sites for hydroxylation is 1. The van der Waals surface area contributed by atoms with E-state index in [0.29, 0.717) is 6.54 Å². The summed E-state index contributed by atoms with van der Waals surface area (Å²) in [6.07, 6.45) is 0.721. The average molecular weight is 336 g/mol. The van der Waals surface area contributed by atoms with Gasteiger partial charge in [-0.3, -0.25) is 9.59 Å². The first-order valence-corrected chi connectivity index (χ1v) is 6.93. The molecule has 1 heterocycles. The minimum Gasteiger partial charge on any atom is -0.350 e. The third kappa shape index (κ3) is 3.54. The summed E-state index contributed by atoms with van der Waals surface area (Å²) in [5, 5.41) is 6.68. The number of rotatable bonds is 4. The Morgan fingerprint density at radius 1 is 1.30 bits per heavy atom. The lowest BCUT2D eigenvalue weighted by molar-refractivity contribution is 0.0947. The van der Waals surface area contributed by atoms with Crippen molar-refractivity contribution in [2.75, 3.05) is 6.54 Å². The first-order chi connectivity index (χ1) is 9.58. The number of benzene rings is 1. The maximum Gasteiger partial charge on any atom is 0.271 e. The van der Waals surface area contributed by atoms with Crippen LogP contribution in [0.25, 0.3) is 0 Å². The molecule has 0 radical (unpaired) electrons. The van der Waals surface area contributed by atoms with Crippen LogP contribution in [0.5, 0.6) is 0 Å². The fourth-order valence-corrected chi connectivity index (χ4v) is 2.21. The molecule has 2 rings (SSSR count). The first kappa shape index (κ1) is 14.5. The van der Waals surface area contributed by atoms with Crippen LogP contribution in [0.2, 0.25) is 0 Å². The highest BCUT2D eigenvalue weighted by molar-refractivity contribution is 9.10. The molecule has 0 fully saturated rings. The molecular formula is C14H14BrN3O2. The van der Waals surface area contributed by atoms with E-state index in [1.807, 2.05) is 24.3 Å². The molecular weight excluding hydrogens is 322 g/mol. The Morgan fingerprint density at radius 2 is 2.05 bits per heavy atom. The average Bonchev–Trinajstić information content (AvgIpc) is 2.44. The molecule has 5 nitrogen and oxygen atoms in total. The highest BCUT2D eigenvalue weighted by atomic mass is 79.9. The van der Waals surface area contributed by atoms with E-state index >= 15 is 0 Å². The van der Waals surface area contributed by atoms with Crippen molar-refractivity contribution in [3.63, 3.8) is 0 Å². The molecule has 2 aromatic rings. The van der Waals surface area contributed by atoms with Crippen molar-refractivity contribution in [3.05, 3.63) is 62.5 Å². The Kier molecular flexibility index (Phi) is 4.68. The lowest BCUT2D eigenvalue weighted by Crippen LogP contribution is -2.29. The normalized spacial score (nSPS) is 10.3. The molecule has 1 N–H and O–H groups in total. The number of halogens is 1. The van der Waals surface area contributed by atoms with Crippen molar-refractivity contribution in [1.82, 2.24) is 15.1 Å². The van der Waals surface area contributed by atoms with Crippen LogP contribution in [0.1, 0.15) is 16.1 Å². The molecule has 0 spiro atoms. The van der Waals surface area contributed by atoms with E-state index in [2.05, 4.69) is 26.3 Å². The zero-order chi connectivity index (χ0) is 14.5. The minimum atomic E-state index is -0.285. The summed E-state index contributed by atoms with van der Waals surface area (Å²) in [4.78, 5) is 23.1. The zero-order valence-corrected chi connectivity index (χ0v) is 12.6. The van der Waals surface area contributed by atoms with Crippen molar-refractivity contribution in [2.45, 2.75) is 6.42 Å². The van der Waals surface area contributed by atoms with E-state index < -0.39 is 0 Å². The van der Waals surface area contributed by atoms with E-state index in [-0.39, 0.29) is 17.2 Å². The molecule has 0 aliphatic rings. The van der Waals surface area contributed by atoms with Gasteiger partial charge in [-0.15, -0.1) is 0 Å². The first-order valence-electron chi connectivity index (χ1n) is 6.14. The van der Waals surface area contributed by atoms with Gasteiger partial charge in [0.2, 0.25) is 0 Å². The Hall–Kier alpha value is -1.95. The second-order valence-corrected chi connectivity index (χ2v) is 5.13. The number of carbonyl (C=O) groups excluding carboxylic acids is 1. The summed E-state index contributed by atoms with van der Waals surface area (Å²) in [5.74, 6) is -0.285. The topological polar surface area (TPSA) is 64.0 Å². The molecule has 0 aliphatic heterocycles. The van der Waals surface area contributed by atoms with Gasteiger partial charge in [0.15, 0.2) is 0 Å². The number of hydrogen-bond acceptors (Lipinski definition) is 3. The van der Waals surface area contributed by atoms with Gasteiger partial charge in [0.25, 0.3) is 11.5 Å². The van der Waals surface area contributed by atoms with Crippen LogP contribution < -0.4 is 10.9 Å². The van der Waals surface area contributed by atoms with Crippen molar-refractivity contribution >= 4 is 21.8 Å². The molecule has 6 heteroatoms. The van der Waals surface area contributed by atoms with Gasteiger partial charge in [-0.05, 0) is 24.1 Å². The van der Waals surface area contributed by atoms with E-state index in [1.54, 1.807) is 0 Å². The van der Waals surface area contributed by atoms with Crippen LogP contribution in [0.15, 0.2) is 45.7 Å². The van der Waals surface area contributed by atoms with Crippen LogP contribution in [-0.4, -0.2) is 22.2 Å². The largest absolute Gasteiger partial charge is 0.350 e. The second kappa shape index (κ2) is 6.47. The summed E-state index contributed by atoms with van der Waals surface area (Å²) >= 11 is 3.46. The van der Waals surface area contributed by atoms with Gasteiger partial charge in [-0.2, -0.15) is 5.10 Å². The maximum atomic E-state index is 11.9. The fourth-order valence-electron chi connectivity index (χ4n) is 1.73. The standard InChI is InChI=1S/C14H14BrN3O2/c1-18-13(19)7-6-12(17-18)14(20)16-9-8-10-4-2-3-5-11(10)15/h2-7H,8-9H2,1H3,(H,16,20). The molecule has 20 heavy (non-hydrogen) atoms. The molecule has 0 atom stereocenters. The summed E-state index contributed by atoms with van der Waals surface area (Å²) in [6.45, 7) is 0.506. The highest BCUT2D eigenvalue weighted by Gasteiger charge is 2.08. The molecule has 1 amide bonds. The van der Waals surface area contributed by atoms with E-state index in [1.165, 1.54) is 19.2 Å². The lowest BCUT2D eigenvalue weighted by atomic mass is 10.1. The smallest absolute Gasteiger partial charge is 0.271 e. The van der Waals surface area contributed by atoms with E-state index in [9.17, 15) is 9.59 Å². The van der Waals surface area contributed by atoms with Gasteiger partial charge in [0, 0.05) is 24.1 Å². The summed E-state index contributed by atoms with van der Waals surface area (Å²) in [5.41, 5.74) is 1.12. The van der Waals surface area contributed by atoms with Gasteiger partial charge < -0.3 is 5.32 Å². The van der Waals surface area contributed by atoms with E-state index in [0.717, 1.165) is 21.1 Å². The maximum absolute atomic E-state index is 11.9. The number of carbonyl (C=O) groups is 1. The van der Waals surface area contributed by atoms with Crippen LogP contribution in [0.4, 0.5) is 0 Å². The molecule has 0 aliphatic carbocycles. The molecule has 0 bridgehead atoms. The van der Waals surface area contributed by atoms with Crippen molar-refractivity contribution < 1.29 is 4.79 Å². The Balaban J connectivity index is 1.94. The minimum absolute atomic E-state index is 0.235. The third-order valence-electron chi connectivity index (χ3n) is 2.83. The lowest BCUT2D eigenvalue weighted by Gasteiger charge is -2.06. The number of nitrogens with zero attached hydrogens (tertiary/aromatic N) is 2.